The topological polar surface area (TPSA) is 62.3 Å². The normalized spacial score (nSPS) is 20.0. The van der Waals surface area contributed by atoms with Gasteiger partial charge in [-0.15, -0.1) is 11.3 Å². The molecule has 1 atom stereocenters. The Balaban J connectivity index is 2.33. The first kappa shape index (κ1) is 17.1. The second kappa shape index (κ2) is 7.30. The molecular weight excluding hydrogens is 326 g/mol. The minimum Gasteiger partial charge on any atom is -0.329 e. The van der Waals surface area contributed by atoms with Gasteiger partial charge in [-0.05, 0) is 13.5 Å². The molecule has 21 heavy (non-hydrogen) atoms. The van der Waals surface area contributed by atoms with E-state index in [1.165, 1.54) is 4.88 Å². The van der Waals surface area contributed by atoms with E-state index in [0.717, 1.165) is 36.1 Å². The van der Waals surface area contributed by atoms with Gasteiger partial charge in [-0.25, -0.2) is 13.4 Å². The lowest BCUT2D eigenvalue weighted by atomic mass is 10.3. The van der Waals surface area contributed by atoms with Gasteiger partial charge in [0, 0.05) is 35.2 Å². The first-order valence-corrected chi connectivity index (χ1v) is 10.9. The summed E-state index contributed by atoms with van der Waals surface area (Å²) in [4.78, 5) is 7.91. The third-order valence-corrected chi connectivity index (χ3v) is 8.01. The number of aryl methyl sites for hydroxylation is 1. The van der Waals surface area contributed by atoms with Crippen molar-refractivity contribution in [3.05, 3.63) is 10.6 Å². The van der Waals surface area contributed by atoms with Crippen molar-refractivity contribution in [1.29, 1.82) is 0 Å². The molecule has 0 bridgehead atoms. The number of sulfone groups is 1. The van der Waals surface area contributed by atoms with Crippen LogP contribution in [0.3, 0.4) is 0 Å². The maximum absolute atomic E-state index is 12.3. The fourth-order valence-corrected chi connectivity index (χ4v) is 6.63. The summed E-state index contributed by atoms with van der Waals surface area (Å²) in [6.07, 6.45) is 0.876. The summed E-state index contributed by atoms with van der Waals surface area (Å²) in [7, 11) is -1.17. The lowest BCUT2D eigenvalue weighted by molar-refractivity contribution is 0.579. The van der Waals surface area contributed by atoms with E-state index in [1.54, 1.807) is 30.0 Å². The molecule has 0 aromatic carbocycles. The highest BCUT2D eigenvalue weighted by Crippen LogP contribution is 2.32. The van der Waals surface area contributed by atoms with Crippen molar-refractivity contribution in [2.45, 2.75) is 32.2 Å². The van der Waals surface area contributed by atoms with Crippen LogP contribution in [0.1, 0.15) is 24.4 Å². The summed E-state index contributed by atoms with van der Waals surface area (Å²) in [6, 6.07) is 0. The number of hydrogen-bond donors (Lipinski definition) is 1. The molecule has 1 aromatic rings. The Kier molecular flexibility index (Phi) is 5.93. The van der Waals surface area contributed by atoms with Gasteiger partial charge in [-0.2, -0.15) is 11.8 Å². The van der Waals surface area contributed by atoms with E-state index in [9.17, 15) is 8.42 Å². The van der Waals surface area contributed by atoms with E-state index < -0.39 is 15.2 Å². The highest BCUT2D eigenvalue weighted by molar-refractivity contribution is 8.01. The van der Waals surface area contributed by atoms with Gasteiger partial charge < -0.3 is 10.2 Å². The molecule has 1 aliphatic heterocycles. The number of nitrogens with zero attached hydrogens (tertiary/aromatic N) is 2. The van der Waals surface area contributed by atoms with Gasteiger partial charge in [0.25, 0.3) is 0 Å². The van der Waals surface area contributed by atoms with Crippen LogP contribution in [0, 0.1) is 0 Å². The number of nitrogens with one attached hydrogen (secondary N) is 1. The van der Waals surface area contributed by atoms with Gasteiger partial charge in [-0.1, -0.05) is 13.8 Å². The molecule has 2 heterocycles. The molecule has 1 saturated heterocycles. The van der Waals surface area contributed by atoms with Crippen LogP contribution >= 0.6 is 23.1 Å². The Labute approximate surface area is 135 Å². The molecule has 1 aliphatic rings. The third kappa shape index (κ3) is 3.72. The average molecular weight is 350 g/mol. The second-order valence-corrected chi connectivity index (χ2v) is 9.58. The lowest BCUT2D eigenvalue weighted by Gasteiger charge is -2.34. The number of hydrogen-bond acceptors (Lipinski definition) is 7. The number of aromatic nitrogens is 1. The van der Waals surface area contributed by atoms with E-state index in [0.29, 0.717) is 5.75 Å². The number of thiazole rings is 1. The molecule has 120 valence electrons. The van der Waals surface area contributed by atoms with Gasteiger partial charge in [0.05, 0.1) is 5.69 Å². The molecule has 8 heteroatoms. The molecule has 0 spiro atoms. The molecule has 0 radical (unpaired) electrons. The Morgan fingerprint density at radius 3 is 2.81 bits per heavy atom. The summed E-state index contributed by atoms with van der Waals surface area (Å²) >= 11 is 3.34. The molecule has 1 unspecified atom stereocenters. The van der Waals surface area contributed by atoms with Crippen molar-refractivity contribution < 1.29 is 8.42 Å². The molecular formula is C13H23N3O2S3. The van der Waals surface area contributed by atoms with E-state index in [1.807, 2.05) is 11.9 Å². The van der Waals surface area contributed by atoms with Crippen molar-refractivity contribution in [3.8, 4) is 0 Å². The highest BCUT2D eigenvalue weighted by Gasteiger charge is 2.34. The first-order valence-electron chi connectivity index (χ1n) is 7.22. The van der Waals surface area contributed by atoms with Crippen molar-refractivity contribution in [2.24, 2.45) is 0 Å². The average Bonchev–Trinajstić information content (AvgIpc) is 2.90. The Hall–Kier alpha value is -0.310. The summed E-state index contributed by atoms with van der Waals surface area (Å²) in [5.41, 5.74) is 1.08. The van der Waals surface area contributed by atoms with Gasteiger partial charge >= 0.3 is 0 Å². The van der Waals surface area contributed by atoms with Gasteiger partial charge in [0.1, 0.15) is 5.37 Å². The minimum absolute atomic E-state index is 0.185. The molecule has 5 nitrogen and oxygen atoms in total. The SMILES string of the molecule is CCc1nc(N2CCSCC2S(=O)(=O)CC)sc1CNC. The minimum atomic E-state index is -3.09. The van der Waals surface area contributed by atoms with E-state index in [-0.39, 0.29) is 5.75 Å². The molecule has 0 aliphatic carbocycles. The zero-order valence-electron chi connectivity index (χ0n) is 12.8. The molecule has 1 N–H and O–H groups in total. The van der Waals surface area contributed by atoms with Crippen LogP contribution in [0.25, 0.3) is 0 Å². The monoisotopic (exact) mass is 349 g/mol. The number of anilines is 1. The van der Waals surface area contributed by atoms with Crippen LogP contribution in [0.15, 0.2) is 0 Å². The van der Waals surface area contributed by atoms with Crippen LogP contribution in [0.2, 0.25) is 0 Å². The molecule has 0 saturated carbocycles. The predicted molar refractivity (Wildman–Crippen MR) is 92.2 cm³/mol. The molecule has 1 aromatic heterocycles. The fraction of sp³-hybridized carbons (Fsp3) is 0.769. The predicted octanol–water partition coefficient (Wildman–Crippen LogP) is 1.74. The summed E-state index contributed by atoms with van der Waals surface area (Å²) in [5, 5.41) is 3.59. The number of thioether (sulfide) groups is 1. The van der Waals surface area contributed by atoms with Crippen LogP contribution in [0.5, 0.6) is 0 Å². The smallest absolute Gasteiger partial charge is 0.186 e. The molecule has 0 amide bonds. The van der Waals surface area contributed by atoms with E-state index >= 15 is 0 Å². The Morgan fingerprint density at radius 1 is 1.43 bits per heavy atom. The van der Waals surface area contributed by atoms with Gasteiger partial charge in [-0.3, -0.25) is 0 Å². The van der Waals surface area contributed by atoms with Crippen molar-refractivity contribution in [2.75, 3.05) is 35.8 Å². The first-order chi connectivity index (χ1) is 10.0. The van der Waals surface area contributed by atoms with Gasteiger partial charge in [0.2, 0.25) is 0 Å². The summed E-state index contributed by atoms with van der Waals surface area (Å²) in [5.74, 6) is 1.78. The largest absolute Gasteiger partial charge is 0.329 e. The number of rotatable bonds is 6. The zero-order chi connectivity index (χ0) is 15.5. The third-order valence-electron chi connectivity index (χ3n) is 3.59. The summed E-state index contributed by atoms with van der Waals surface area (Å²) in [6.45, 7) is 5.35. The Bertz CT molecular complexity index is 571. The Morgan fingerprint density at radius 2 is 2.19 bits per heavy atom. The summed E-state index contributed by atoms with van der Waals surface area (Å²) < 4.78 is 24.7. The fourth-order valence-electron chi connectivity index (χ4n) is 2.36. The van der Waals surface area contributed by atoms with Gasteiger partial charge in [0.15, 0.2) is 15.0 Å². The van der Waals surface area contributed by atoms with Crippen molar-refractivity contribution in [3.63, 3.8) is 0 Å². The zero-order valence-corrected chi connectivity index (χ0v) is 15.2. The van der Waals surface area contributed by atoms with E-state index in [4.69, 9.17) is 4.98 Å². The standard InChI is InChI=1S/C13H23N3O2S3/c1-4-10-11(8-14-3)20-13(15-10)16-6-7-19-9-12(16)21(17,18)5-2/h12,14H,4-9H2,1-3H3. The second-order valence-electron chi connectivity index (χ2n) is 4.92. The van der Waals surface area contributed by atoms with Crippen molar-refractivity contribution in [1.82, 2.24) is 10.3 Å². The maximum atomic E-state index is 12.3. The van der Waals surface area contributed by atoms with E-state index in [2.05, 4.69) is 12.2 Å². The van der Waals surface area contributed by atoms with Crippen molar-refractivity contribution >= 4 is 38.1 Å². The highest BCUT2D eigenvalue weighted by atomic mass is 32.2. The van der Waals surface area contributed by atoms with Crippen LogP contribution in [-0.2, 0) is 22.8 Å². The maximum Gasteiger partial charge on any atom is 0.186 e. The molecule has 2 rings (SSSR count). The van der Waals surface area contributed by atoms with Crippen LogP contribution in [-0.4, -0.2) is 49.6 Å². The molecule has 1 fully saturated rings. The van der Waals surface area contributed by atoms with Crippen LogP contribution in [0.4, 0.5) is 5.13 Å². The van der Waals surface area contributed by atoms with Crippen LogP contribution < -0.4 is 10.2 Å². The quantitative estimate of drug-likeness (QED) is 0.844. The lowest BCUT2D eigenvalue weighted by Crippen LogP contribution is -2.48.